The maximum Gasteiger partial charge on any atom is 0.416 e. The maximum absolute atomic E-state index is 12.6. The van der Waals surface area contributed by atoms with Gasteiger partial charge in [-0.2, -0.15) is 13.2 Å². The number of carboxylic acids is 1. The molecule has 0 aliphatic heterocycles. The molecule has 0 atom stereocenters. The van der Waals surface area contributed by atoms with E-state index in [1.165, 1.54) is 30.6 Å². The van der Waals surface area contributed by atoms with Crippen LogP contribution in [0.1, 0.15) is 16.1 Å². The molecule has 0 saturated heterocycles. The van der Waals surface area contributed by atoms with E-state index in [-0.39, 0.29) is 5.69 Å². The Balaban J connectivity index is 1.97. The maximum atomic E-state index is 12.6. The minimum Gasteiger partial charge on any atom is -0.477 e. The number of carbonyl (C=O) groups is 1. The first-order chi connectivity index (χ1) is 11.3. The van der Waals surface area contributed by atoms with Crippen molar-refractivity contribution in [3.63, 3.8) is 0 Å². The molecule has 0 saturated carbocycles. The standard InChI is InChI=1S/C16H10F3N3O2/c17-16(18,19)10-2-4-11(5-3-10)21-13-8-20-7-9-1-6-12(15(23)24)22-14(9)13/h1-8,21H,(H,23,24). The largest absolute Gasteiger partial charge is 0.477 e. The number of anilines is 2. The number of nitrogens with one attached hydrogen (secondary N) is 1. The number of hydrogen-bond acceptors (Lipinski definition) is 4. The second kappa shape index (κ2) is 5.80. The minimum absolute atomic E-state index is 0.135. The van der Waals surface area contributed by atoms with E-state index in [0.717, 1.165) is 12.1 Å². The highest BCUT2D eigenvalue weighted by molar-refractivity contribution is 5.95. The van der Waals surface area contributed by atoms with Crippen molar-refractivity contribution in [2.75, 3.05) is 5.32 Å². The summed E-state index contributed by atoms with van der Waals surface area (Å²) in [6.45, 7) is 0. The van der Waals surface area contributed by atoms with Crippen LogP contribution in [0.2, 0.25) is 0 Å². The van der Waals surface area contributed by atoms with Gasteiger partial charge in [0.15, 0.2) is 0 Å². The van der Waals surface area contributed by atoms with Gasteiger partial charge >= 0.3 is 12.1 Å². The molecule has 0 spiro atoms. The molecule has 2 heterocycles. The number of hydrogen-bond donors (Lipinski definition) is 2. The van der Waals surface area contributed by atoms with E-state index in [1.807, 2.05) is 0 Å². The molecule has 0 fully saturated rings. The lowest BCUT2D eigenvalue weighted by molar-refractivity contribution is -0.137. The number of halogens is 3. The van der Waals surface area contributed by atoms with Gasteiger partial charge in [-0.15, -0.1) is 0 Å². The number of aromatic carboxylic acids is 1. The molecule has 0 aliphatic carbocycles. The molecule has 0 unspecified atom stereocenters. The molecule has 0 aliphatic rings. The number of pyridine rings is 2. The van der Waals surface area contributed by atoms with E-state index in [2.05, 4.69) is 15.3 Å². The summed E-state index contributed by atoms with van der Waals surface area (Å²) in [6, 6.07) is 7.39. The van der Waals surface area contributed by atoms with Crippen molar-refractivity contribution in [1.29, 1.82) is 0 Å². The predicted octanol–water partition coefficient (Wildman–Crippen LogP) is 4.09. The molecular weight excluding hydrogens is 323 g/mol. The number of aromatic nitrogens is 2. The summed E-state index contributed by atoms with van der Waals surface area (Å²) >= 11 is 0. The van der Waals surface area contributed by atoms with E-state index in [4.69, 9.17) is 5.11 Å². The first kappa shape index (κ1) is 15.7. The summed E-state index contributed by atoms with van der Waals surface area (Å²) in [4.78, 5) is 19.1. The molecule has 2 aromatic heterocycles. The second-order valence-corrected chi connectivity index (χ2v) is 4.96. The molecule has 0 amide bonds. The van der Waals surface area contributed by atoms with Crippen LogP contribution in [0.25, 0.3) is 10.9 Å². The Morgan fingerprint density at radius 1 is 1.04 bits per heavy atom. The molecule has 5 nitrogen and oxygen atoms in total. The number of carboxylic acid groups (broad SMARTS) is 1. The molecule has 2 N–H and O–H groups in total. The Morgan fingerprint density at radius 3 is 2.38 bits per heavy atom. The zero-order valence-corrected chi connectivity index (χ0v) is 12.0. The van der Waals surface area contributed by atoms with Gasteiger partial charge in [0, 0.05) is 17.3 Å². The minimum atomic E-state index is -4.41. The second-order valence-electron chi connectivity index (χ2n) is 4.96. The first-order valence-corrected chi connectivity index (χ1v) is 6.77. The van der Waals surface area contributed by atoms with Gasteiger partial charge < -0.3 is 10.4 Å². The van der Waals surface area contributed by atoms with Gasteiger partial charge in [-0.3, -0.25) is 4.98 Å². The summed E-state index contributed by atoms with van der Waals surface area (Å²) < 4.78 is 37.7. The van der Waals surface area contributed by atoms with Gasteiger partial charge in [0.05, 0.1) is 23.0 Å². The van der Waals surface area contributed by atoms with Gasteiger partial charge in [0.1, 0.15) is 5.69 Å². The Morgan fingerprint density at radius 2 is 1.75 bits per heavy atom. The number of alkyl halides is 3. The Labute approximate surface area is 133 Å². The average molecular weight is 333 g/mol. The zero-order valence-electron chi connectivity index (χ0n) is 12.0. The van der Waals surface area contributed by atoms with Crippen LogP contribution in [-0.2, 0) is 6.18 Å². The Kier molecular flexibility index (Phi) is 3.80. The topological polar surface area (TPSA) is 75.1 Å². The molecule has 0 bridgehead atoms. The fourth-order valence-electron chi connectivity index (χ4n) is 2.15. The van der Waals surface area contributed by atoms with Gasteiger partial charge in [0.2, 0.25) is 0 Å². The third kappa shape index (κ3) is 3.12. The highest BCUT2D eigenvalue weighted by atomic mass is 19.4. The van der Waals surface area contributed by atoms with Gasteiger partial charge in [-0.25, -0.2) is 9.78 Å². The van der Waals surface area contributed by atoms with Crippen molar-refractivity contribution in [2.24, 2.45) is 0 Å². The van der Waals surface area contributed by atoms with Crippen molar-refractivity contribution in [1.82, 2.24) is 9.97 Å². The number of fused-ring (bicyclic) bond motifs is 1. The SMILES string of the molecule is O=C(O)c1ccc2cncc(Nc3ccc(C(F)(F)F)cc3)c2n1. The van der Waals surface area contributed by atoms with Crippen LogP contribution in [0.3, 0.4) is 0 Å². The summed E-state index contributed by atoms with van der Waals surface area (Å²) in [5, 5.41) is 12.5. The molecule has 1 aromatic carbocycles. The monoisotopic (exact) mass is 333 g/mol. The van der Waals surface area contributed by atoms with E-state index >= 15 is 0 Å². The van der Waals surface area contributed by atoms with Crippen LogP contribution in [0, 0.1) is 0 Å². The number of nitrogens with zero attached hydrogens (tertiary/aromatic N) is 2. The lowest BCUT2D eigenvalue weighted by Crippen LogP contribution is -2.04. The third-order valence-electron chi connectivity index (χ3n) is 3.31. The quantitative estimate of drug-likeness (QED) is 0.755. The van der Waals surface area contributed by atoms with E-state index < -0.39 is 17.7 Å². The van der Waals surface area contributed by atoms with Crippen molar-refractivity contribution >= 4 is 28.2 Å². The average Bonchev–Trinajstić information content (AvgIpc) is 2.54. The van der Waals surface area contributed by atoms with Crippen LogP contribution in [-0.4, -0.2) is 21.0 Å². The molecular formula is C16H10F3N3O2. The van der Waals surface area contributed by atoms with Crippen LogP contribution in [0.5, 0.6) is 0 Å². The van der Waals surface area contributed by atoms with E-state index in [0.29, 0.717) is 22.3 Å². The van der Waals surface area contributed by atoms with Crippen molar-refractivity contribution in [2.45, 2.75) is 6.18 Å². The van der Waals surface area contributed by atoms with Crippen LogP contribution < -0.4 is 5.32 Å². The van der Waals surface area contributed by atoms with Crippen molar-refractivity contribution < 1.29 is 23.1 Å². The molecule has 122 valence electrons. The lowest BCUT2D eigenvalue weighted by Gasteiger charge is -2.11. The van der Waals surface area contributed by atoms with Gasteiger partial charge in [-0.05, 0) is 36.4 Å². The summed E-state index contributed by atoms with van der Waals surface area (Å²) in [5.74, 6) is -1.17. The van der Waals surface area contributed by atoms with Crippen LogP contribution in [0.4, 0.5) is 24.5 Å². The molecule has 3 aromatic rings. The molecule has 24 heavy (non-hydrogen) atoms. The summed E-state index contributed by atoms with van der Waals surface area (Å²) in [6.07, 6.45) is -1.46. The third-order valence-corrected chi connectivity index (χ3v) is 3.31. The Bertz CT molecular complexity index is 909. The number of benzene rings is 1. The molecule has 8 heteroatoms. The first-order valence-electron chi connectivity index (χ1n) is 6.77. The fraction of sp³-hybridized carbons (Fsp3) is 0.0625. The van der Waals surface area contributed by atoms with E-state index in [1.54, 1.807) is 6.07 Å². The fourth-order valence-corrected chi connectivity index (χ4v) is 2.15. The normalized spacial score (nSPS) is 11.5. The predicted molar refractivity (Wildman–Crippen MR) is 81.2 cm³/mol. The highest BCUT2D eigenvalue weighted by Gasteiger charge is 2.29. The smallest absolute Gasteiger partial charge is 0.416 e. The summed E-state index contributed by atoms with van der Waals surface area (Å²) in [5.41, 5.74) is 0.277. The van der Waals surface area contributed by atoms with Gasteiger partial charge in [-0.1, -0.05) is 0 Å². The zero-order chi connectivity index (χ0) is 17.3. The van der Waals surface area contributed by atoms with Crippen LogP contribution >= 0.6 is 0 Å². The highest BCUT2D eigenvalue weighted by Crippen LogP contribution is 2.31. The molecule has 3 rings (SSSR count). The van der Waals surface area contributed by atoms with Crippen LogP contribution in [0.15, 0.2) is 48.8 Å². The van der Waals surface area contributed by atoms with Crippen molar-refractivity contribution in [3.8, 4) is 0 Å². The lowest BCUT2D eigenvalue weighted by atomic mass is 10.2. The summed E-state index contributed by atoms with van der Waals surface area (Å²) in [7, 11) is 0. The number of rotatable bonds is 3. The molecule has 0 radical (unpaired) electrons. The van der Waals surface area contributed by atoms with E-state index in [9.17, 15) is 18.0 Å². The van der Waals surface area contributed by atoms with Crippen molar-refractivity contribution in [3.05, 3.63) is 60.0 Å². The van der Waals surface area contributed by atoms with Gasteiger partial charge in [0.25, 0.3) is 0 Å². The Hall–Kier alpha value is -3.16.